The Morgan fingerprint density at radius 1 is 1.28 bits per heavy atom. The molecule has 0 aromatic rings. The molecule has 106 valence electrons. The zero-order valence-electron chi connectivity index (χ0n) is 11.6. The summed E-state index contributed by atoms with van der Waals surface area (Å²) in [6.07, 6.45) is 3.42. The normalized spacial score (nSPS) is 28.1. The fourth-order valence-corrected chi connectivity index (χ4v) is 2.69. The predicted molar refractivity (Wildman–Crippen MR) is 74.2 cm³/mol. The minimum Gasteiger partial charge on any atom is -0.444 e. The molecule has 2 aliphatic rings. The fraction of sp³-hybridized carbons (Fsp3) is 0.923. The van der Waals surface area contributed by atoms with E-state index in [9.17, 15) is 4.79 Å². The first-order valence-electron chi connectivity index (χ1n) is 6.66. The van der Waals surface area contributed by atoms with Gasteiger partial charge < -0.3 is 15.0 Å². The SMILES string of the molecule is CC(C)(C)OC(=O)N1C[C@@H]2CCC[C@@H]1CNC2.Cl. The standard InChI is InChI=1S/C13H24N2O2.ClH/c1-13(2,3)17-12(16)15-9-10-5-4-6-11(15)8-14-7-10;/h10-11,14H,4-9H2,1-3H3;1H/t10-,11-;/m1./s1. The van der Waals surface area contributed by atoms with Crippen LogP contribution in [0.4, 0.5) is 4.79 Å². The Balaban J connectivity index is 0.00000162. The lowest BCUT2D eigenvalue weighted by Gasteiger charge is -2.31. The minimum atomic E-state index is -0.398. The number of carbonyl (C=O) groups excluding carboxylic acids is 1. The van der Waals surface area contributed by atoms with Crippen molar-refractivity contribution >= 4 is 18.5 Å². The monoisotopic (exact) mass is 276 g/mol. The fourth-order valence-electron chi connectivity index (χ4n) is 2.69. The molecule has 5 heteroatoms. The Bertz CT molecular complexity index is 281. The van der Waals surface area contributed by atoms with Crippen molar-refractivity contribution in [1.82, 2.24) is 10.2 Å². The highest BCUT2D eigenvalue weighted by Crippen LogP contribution is 2.25. The Morgan fingerprint density at radius 3 is 2.67 bits per heavy atom. The van der Waals surface area contributed by atoms with Crippen LogP contribution in [-0.4, -0.2) is 42.3 Å². The Morgan fingerprint density at radius 2 is 2.00 bits per heavy atom. The first-order chi connectivity index (χ1) is 7.96. The number of fused-ring (bicyclic) bond motifs is 3. The van der Waals surface area contributed by atoms with Crippen LogP contribution in [0.15, 0.2) is 0 Å². The van der Waals surface area contributed by atoms with E-state index in [0.717, 1.165) is 26.1 Å². The van der Waals surface area contributed by atoms with Crippen molar-refractivity contribution in [3.05, 3.63) is 0 Å². The van der Waals surface area contributed by atoms with Gasteiger partial charge in [-0.05, 0) is 46.1 Å². The first kappa shape index (κ1) is 15.6. The molecule has 2 atom stereocenters. The van der Waals surface area contributed by atoms with E-state index in [1.54, 1.807) is 0 Å². The van der Waals surface area contributed by atoms with E-state index in [1.165, 1.54) is 12.8 Å². The number of hydrogen-bond donors (Lipinski definition) is 1. The van der Waals surface area contributed by atoms with E-state index in [0.29, 0.717) is 12.0 Å². The van der Waals surface area contributed by atoms with Gasteiger partial charge >= 0.3 is 6.09 Å². The lowest BCUT2D eigenvalue weighted by Crippen LogP contribution is -2.45. The number of hydrogen-bond acceptors (Lipinski definition) is 3. The van der Waals surface area contributed by atoms with Crippen molar-refractivity contribution in [1.29, 1.82) is 0 Å². The summed E-state index contributed by atoms with van der Waals surface area (Å²) in [6, 6.07) is 0.317. The summed E-state index contributed by atoms with van der Waals surface area (Å²) in [5, 5.41) is 3.45. The third-order valence-electron chi connectivity index (χ3n) is 3.49. The van der Waals surface area contributed by atoms with Crippen LogP contribution >= 0.6 is 12.4 Å². The summed E-state index contributed by atoms with van der Waals surface area (Å²) >= 11 is 0. The molecule has 0 radical (unpaired) electrons. The van der Waals surface area contributed by atoms with Gasteiger partial charge in [-0.25, -0.2) is 4.79 Å². The van der Waals surface area contributed by atoms with Gasteiger partial charge in [-0.15, -0.1) is 12.4 Å². The molecule has 2 bridgehead atoms. The molecule has 0 aliphatic carbocycles. The molecule has 2 rings (SSSR count). The van der Waals surface area contributed by atoms with Crippen LogP contribution in [0, 0.1) is 5.92 Å². The zero-order chi connectivity index (χ0) is 12.5. The predicted octanol–water partition coefficient (Wildman–Crippen LogP) is 2.42. The van der Waals surface area contributed by atoms with Crippen LogP contribution in [0.25, 0.3) is 0 Å². The molecule has 0 aromatic carbocycles. The lowest BCUT2D eigenvalue weighted by molar-refractivity contribution is 0.0166. The molecule has 2 aliphatic heterocycles. The molecule has 0 saturated carbocycles. The Kier molecular flexibility index (Phi) is 5.29. The van der Waals surface area contributed by atoms with Gasteiger partial charge in [0.05, 0.1) is 0 Å². The maximum absolute atomic E-state index is 12.2. The highest BCUT2D eigenvalue weighted by Gasteiger charge is 2.34. The third kappa shape index (κ3) is 4.02. The smallest absolute Gasteiger partial charge is 0.410 e. The summed E-state index contributed by atoms with van der Waals surface area (Å²) in [5.74, 6) is 0.593. The molecule has 2 heterocycles. The quantitative estimate of drug-likeness (QED) is 0.739. The molecule has 2 fully saturated rings. The van der Waals surface area contributed by atoms with Crippen molar-refractivity contribution in [2.24, 2.45) is 5.92 Å². The molecular formula is C13H25ClN2O2. The van der Waals surface area contributed by atoms with E-state index >= 15 is 0 Å². The second-order valence-corrected chi connectivity index (χ2v) is 6.24. The average Bonchev–Trinajstić information content (AvgIpc) is 2.44. The molecular weight excluding hydrogens is 252 g/mol. The maximum Gasteiger partial charge on any atom is 0.410 e. The highest BCUT2D eigenvalue weighted by atomic mass is 35.5. The number of halogens is 1. The molecule has 0 unspecified atom stereocenters. The molecule has 1 N–H and O–H groups in total. The van der Waals surface area contributed by atoms with E-state index in [-0.39, 0.29) is 18.5 Å². The number of carbonyl (C=O) groups is 1. The van der Waals surface area contributed by atoms with Crippen LogP contribution in [0.5, 0.6) is 0 Å². The summed E-state index contributed by atoms with van der Waals surface area (Å²) < 4.78 is 5.50. The van der Waals surface area contributed by atoms with Gasteiger partial charge in [-0.2, -0.15) is 0 Å². The molecule has 2 saturated heterocycles. The Labute approximate surface area is 116 Å². The number of rotatable bonds is 0. The minimum absolute atomic E-state index is 0. The second kappa shape index (κ2) is 6.11. The van der Waals surface area contributed by atoms with E-state index in [2.05, 4.69) is 5.32 Å². The van der Waals surface area contributed by atoms with Gasteiger partial charge in [0, 0.05) is 19.1 Å². The van der Waals surface area contributed by atoms with Gasteiger partial charge in [0.25, 0.3) is 0 Å². The zero-order valence-corrected chi connectivity index (χ0v) is 12.4. The van der Waals surface area contributed by atoms with Crippen molar-refractivity contribution in [2.45, 2.75) is 51.7 Å². The summed E-state index contributed by atoms with van der Waals surface area (Å²) in [5.41, 5.74) is -0.398. The van der Waals surface area contributed by atoms with Crippen molar-refractivity contribution in [3.63, 3.8) is 0 Å². The van der Waals surface area contributed by atoms with Gasteiger partial charge in [0.2, 0.25) is 0 Å². The van der Waals surface area contributed by atoms with Gasteiger partial charge in [-0.1, -0.05) is 6.42 Å². The summed E-state index contributed by atoms with van der Waals surface area (Å²) in [4.78, 5) is 14.1. The van der Waals surface area contributed by atoms with Crippen molar-refractivity contribution in [3.8, 4) is 0 Å². The topological polar surface area (TPSA) is 41.6 Å². The molecule has 0 spiro atoms. The van der Waals surface area contributed by atoms with E-state index in [4.69, 9.17) is 4.74 Å². The van der Waals surface area contributed by atoms with Crippen LogP contribution in [0.3, 0.4) is 0 Å². The van der Waals surface area contributed by atoms with Crippen LogP contribution in [0.1, 0.15) is 40.0 Å². The van der Waals surface area contributed by atoms with Crippen molar-refractivity contribution < 1.29 is 9.53 Å². The summed E-state index contributed by atoms with van der Waals surface area (Å²) in [6.45, 7) is 8.57. The molecule has 0 aromatic heterocycles. The second-order valence-electron chi connectivity index (χ2n) is 6.24. The highest BCUT2D eigenvalue weighted by molar-refractivity contribution is 5.85. The van der Waals surface area contributed by atoms with E-state index in [1.807, 2.05) is 25.7 Å². The molecule has 18 heavy (non-hydrogen) atoms. The van der Waals surface area contributed by atoms with Gasteiger partial charge in [-0.3, -0.25) is 0 Å². The maximum atomic E-state index is 12.2. The first-order valence-corrected chi connectivity index (χ1v) is 6.66. The average molecular weight is 277 g/mol. The number of nitrogens with zero attached hydrogens (tertiary/aromatic N) is 1. The van der Waals surface area contributed by atoms with Crippen LogP contribution in [0.2, 0.25) is 0 Å². The molecule has 4 nitrogen and oxygen atoms in total. The largest absolute Gasteiger partial charge is 0.444 e. The van der Waals surface area contributed by atoms with Gasteiger partial charge in [0.15, 0.2) is 0 Å². The summed E-state index contributed by atoms with van der Waals surface area (Å²) in [7, 11) is 0. The number of ether oxygens (including phenoxy) is 1. The van der Waals surface area contributed by atoms with Gasteiger partial charge in [0.1, 0.15) is 5.60 Å². The van der Waals surface area contributed by atoms with Crippen molar-refractivity contribution in [2.75, 3.05) is 19.6 Å². The van der Waals surface area contributed by atoms with E-state index < -0.39 is 5.60 Å². The number of nitrogens with one attached hydrogen (secondary N) is 1. The Hall–Kier alpha value is -0.480. The van der Waals surface area contributed by atoms with Crippen LogP contribution < -0.4 is 5.32 Å². The van der Waals surface area contributed by atoms with Crippen LogP contribution in [-0.2, 0) is 4.74 Å². The lowest BCUT2D eigenvalue weighted by atomic mass is 10.0. The number of amides is 1. The molecule has 1 amide bonds. The third-order valence-corrected chi connectivity index (χ3v) is 3.49.